The van der Waals surface area contributed by atoms with E-state index < -0.39 is 42.8 Å². The lowest BCUT2D eigenvalue weighted by Crippen LogP contribution is -2.12. The molecule has 0 aliphatic heterocycles. The van der Waals surface area contributed by atoms with E-state index in [1.807, 2.05) is 0 Å². The molecule has 0 radical (unpaired) electrons. The van der Waals surface area contributed by atoms with Gasteiger partial charge in [-0.1, -0.05) is 0 Å². The number of aromatic hydroxyl groups is 3. The summed E-state index contributed by atoms with van der Waals surface area (Å²) in [6.07, 6.45) is 1.03. The van der Waals surface area contributed by atoms with Gasteiger partial charge in [0.2, 0.25) is 15.8 Å². The van der Waals surface area contributed by atoms with Crippen molar-refractivity contribution < 1.29 is 28.7 Å². The second-order valence-electron chi connectivity index (χ2n) is 4.72. The molecular formula is C13H12N4O7S. The first-order valence-electron chi connectivity index (χ1n) is 6.45. The average Bonchev–Trinajstić information content (AvgIpc) is 2.54. The van der Waals surface area contributed by atoms with E-state index in [4.69, 9.17) is 5.14 Å². The largest absolute Gasteiger partial charge is 0.504 e. The van der Waals surface area contributed by atoms with Crippen molar-refractivity contribution in [3.05, 3.63) is 46.0 Å². The van der Waals surface area contributed by atoms with Crippen LogP contribution in [0.4, 0.5) is 11.4 Å². The molecule has 0 heterocycles. The molecule has 0 fully saturated rings. The lowest BCUT2D eigenvalue weighted by Gasteiger charge is -2.05. The van der Waals surface area contributed by atoms with Crippen molar-refractivity contribution in [3.8, 4) is 17.2 Å². The van der Waals surface area contributed by atoms with Crippen molar-refractivity contribution in [1.29, 1.82) is 0 Å². The fourth-order valence-electron chi connectivity index (χ4n) is 1.79. The smallest absolute Gasteiger partial charge is 0.295 e. The zero-order valence-electron chi connectivity index (χ0n) is 12.3. The maximum atomic E-state index is 11.2. The lowest BCUT2D eigenvalue weighted by atomic mass is 10.2. The molecule has 0 spiro atoms. The molecule has 2 rings (SSSR count). The van der Waals surface area contributed by atoms with Crippen molar-refractivity contribution >= 4 is 27.6 Å². The molecular weight excluding hydrogens is 356 g/mol. The number of hydrogen-bond donors (Lipinski definition) is 5. The van der Waals surface area contributed by atoms with E-state index in [0.717, 1.165) is 30.5 Å². The highest BCUT2D eigenvalue weighted by Crippen LogP contribution is 2.36. The van der Waals surface area contributed by atoms with E-state index in [1.54, 1.807) is 0 Å². The van der Waals surface area contributed by atoms with Crippen molar-refractivity contribution in [1.82, 2.24) is 0 Å². The van der Waals surface area contributed by atoms with Crippen molar-refractivity contribution in [2.75, 3.05) is 5.43 Å². The number of primary sulfonamides is 1. The molecule has 0 unspecified atom stereocenters. The summed E-state index contributed by atoms with van der Waals surface area (Å²) < 4.78 is 22.5. The number of nitrogens with one attached hydrogen (secondary N) is 1. The molecule has 0 saturated carbocycles. The minimum Gasteiger partial charge on any atom is -0.504 e. The molecule has 0 amide bonds. The van der Waals surface area contributed by atoms with Gasteiger partial charge in [-0.25, -0.2) is 13.6 Å². The van der Waals surface area contributed by atoms with Crippen LogP contribution in [0.3, 0.4) is 0 Å². The molecule has 0 atom stereocenters. The number of hydrogen-bond acceptors (Lipinski definition) is 9. The van der Waals surface area contributed by atoms with Crippen LogP contribution in [0.5, 0.6) is 17.2 Å². The molecule has 0 aromatic heterocycles. The van der Waals surface area contributed by atoms with Gasteiger partial charge in [-0.05, 0) is 24.3 Å². The standard InChI is InChI=1S/C13H12N4O7S/c14-25(23,24)8-2-3-9(10(5-8)17(21)22)16-15-6-7-1-4-11(18)13(20)12(7)19/h1-6,16,18-20H,(H2,14,23,24)/b15-6+. The third kappa shape index (κ3) is 3.94. The summed E-state index contributed by atoms with van der Waals surface area (Å²) in [5.41, 5.74) is 1.63. The van der Waals surface area contributed by atoms with Crippen molar-refractivity contribution in [2.45, 2.75) is 4.90 Å². The highest BCUT2D eigenvalue weighted by Gasteiger charge is 2.19. The van der Waals surface area contributed by atoms with Crippen LogP contribution in [0.2, 0.25) is 0 Å². The first-order chi connectivity index (χ1) is 11.6. The Bertz CT molecular complexity index is 973. The summed E-state index contributed by atoms with van der Waals surface area (Å²) >= 11 is 0. The monoisotopic (exact) mass is 368 g/mol. The van der Waals surface area contributed by atoms with Crippen LogP contribution in [0.25, 0.3) is 0 Å². The Hall–Kier alpha value is -3.38. The maximum Gasteiger partial charge on any atom is 0.295 e. The van der Waals surface area contributed by atoms with E-state index in [9.17, 15) is 33.9 Å². The quantitative estimate of drug-likeness (QED) is 0.222. The normalized spacial score (nSPS) is 11.6. The Labute approximate surface area is 140 Å². The van der Waals surface area contributed by atoms with Gasteiger partial charge >= 0.3 is 0 Å². The van der Waals surface area contributed by atoms with Gasteiger partial charge in [0.15, 0.2) is 11.5 Å². The number of nitro benzene ring substituents is 1. The highest BCUT2D eigenvalue weighted by molar-refractivity contribution is 7.89. The van der Waals surface area contributed by atoms with Crippen LogP contribution < -0.4 is 10.6 Å². The van der Waals surface area contributed by atoms with Gasteiger partial charge in [0.1, 0.15) is 5.69 Å². The number of rotatable bonds is 5. The summed E-state index contributed by atoms with van der Waals surface area (Å²) in [7, 11) is -4.11. The molecule has 6 N–H and O–H groups in total. The first kappa shape index (κ1) is 18.0. The molecule has 0 aliphatic rings. The molecule has 0 saturated heterocycles. The number of nitrogens with zero attached hydrogens (tertiary/aromatic N) is 2. The SMILES string of the molecule is NS(=O)(=O)c1ccc(N/N=C/c2ccc(O)c(O)c2O)c([N+](=O)[O-])c1. The predicted octanol–water partition coefficient (Wildman–Crippen LogP) is 0.805. The summed E-state index contributed by atoms with van der Waals surface area (Å²) in [4.78, 5) is 9.79. The number of nitro groups is 1. The van der Waals surface area contributed by atoms with E-state index >= 15 is 0 Å². The van der Waals surface area contributed by atoms with Crippen LogP contribution in [0.15, 0.2) is 40.3 Å². The van der Waals surface area contributed by atoms with Crippen molar-refractivity contribution in [2.24, 2.45) is 10.2 Å². The van der Waals surface area contributed by atoms with E-state index in [2.05, 4.69) is 10.5 Å². The second kappa shape index (κ2) is 6.62. The fraction of sp³-hybridized carbons (Fsp3) is 0. The van der Waals surface area contributed by atoms with Crippen molar-refractivity contribution in [3.63, 3.8) is 0 Å². The second-order valence-corrected chi connectivity index (χ2v) is 6.28. The number of phenolic OH excluding ortho intramolecular Hbond substituents is 3. The van der Waals surface area contributed by atoms with Crippen LogP contribution in [-0.2, 0) is 10.0 Å². The van der Waals surface area contributed by atoms with Crippen LogP contribution in [0.1, 0.15) is 5.56 Å². The molecule has 25 heavy (non-hydrogen) atoms. The Morgan fingerprint density at radius 3 is 2.44 bits per heavy atom. The number of benzene rings is 2. The van der Waals surface area contributed by atoms with Crippen LogP contribution >= 0.6 is 0 Å². The minimum atomic E-state index is -4.11. The summed E-state index contributed by atoms with van der Waals surface area (Å²) in [5.74, 6) is -1.91. The Balaban J connectivity index is 2.32. The molecule has 132 valence electrons. The third-order valence-corrected chi connectivity index (χ3v) is 3.96. The van der Waals surface area contributed by atoms with E-state index in [-0.39, 0.29) is 11.3 Å². The van der Waals surface area contributed by atoms with Crippen LogP contribution in [-0.4, -0.2) is 34.9 Å². The maximum absolute atomic E-state index is 11.2. The summed E-state index contributed by atoms with van der Waals surface area (Å²) in [6, 6.07) is 5.29. The Kier molecular flexibility index (Phi) is 4.76. The summed E-state index contributed by atoms with van der Waals surface area (Å²) in [6.45, 7) is 0. The number of sulfonamides is 1. The van der Waals surface area contributed by atoms with Gasteiger partial charge < -0.3 is 15.3 Å². The highest BCUT2D eigenvalue weighted by atomic mass is 32.2. The zero-order chi connectivity index (χ0) is 18.8. The van der Waals surface area contributed by atoms with E-state index in [0.29, 0.717) is 0 Å². The number of hydrazone groups is 1. The first-order valence-corrected chi connectivity index (χ1v) is 8.00. The number of phenols is 3. The predicted molar refractivity (Wildman–Crippen MR) is 87.1 cm³/mol. The Morgan fingerprint density at radius 1 is 1.16 bits per heavy atom. The molecule has 2 aromatic carbocycles. The van der Waals surface area contributed by atoms with Gasteiger partial charge in [0, 0.05) is 11.6 Å². The molecule has 2 aromatic rings. The Morgan fingerprint density at radius 2 is 1.84 bits per heavy atom. The average molecular weight is 368 g/mol. The third-order valence-electron chi connectivity index (χ3n) is 3.04. The molecule has 0 aliphatic carbocycles. The fourth-order valence-corrected chi connectivity index (χ4v) is 2.33. The van der Waals surface area contributed by atoms with Gasteiger partial charge in [-0.3, -0.25) is 15.5 Å². The van der Waals surface area contributed by atoms with Gasteiger partial charge in [0.25, 0.3) is 5.69 Å². The molecule has 11 nitrogen and oxygen atoms in total. The van der Waals surface area contributed by atoms with E-state index in [1.165, 1.54) is 6.07 Å². The summed E-state index contributed by atoms with van der Waals surface area (Å²) in [5, 5.41) is 47.9. The van der Waals surface area contributed by atoms with Gasteiger partial charge in [0.05, 0.1) is 16.0 Å². The van der Waals surface area contributed by atoms with Gasteiger partial charge in [-0.15, -0.1) is 0 Å². The minimum absolute atomic E-state index is 0.0200. The zero-order valence-corrected chi connectivity index (χ0v) is 13.1. The number of nitrogens with two attached hydrogens (primary N) is 1. The molecule has 0 bridgehead atoms. The van der Waals surface area contributed by atoms with Gasteiger partial charge in [-0.2, -0.15) is 5.10 Å². The van der Waals surface area contributed by atoms with Crippen LogP contribution in [0, 0.1) is 10.1 Å². The topological polar surface area (TPSA) is 188 Å². The number of anilines is 1. The lowest BCUT2D eigenvalue weighted by molar-refractivity contribution is -0.384. The molecule has 12 heteroatoms.